The molecule has 0 radical (unpaired) electrons. The number of rotatable bonds is 6. The summed E-state index contributed by atoms with van der Waals surface area (Å²) in [4.78, 5) is 34.9. The van der Waals surface area contributed by atoms with Crippen LogP contribution in [-0.4, -0.2) is 23.3 Å². The van der Waals surface area contributed by atoms with Gasteiger partial charge in [-0.3, -0.25) is 19.7 Å². The molecule has 4 N–H and O–H groups in total. The Morgan fingerprint density at radius 3 is 2.52 bits per heavy atom. The molecule has 1 fully saturated rings. The van der Waals surface area contributed by atoms with E-state index in [9.17, 15) is 14.4 Å². The van der Waals surface area contributed by atoms with Gasteiger partial charge in [0.1, 0.15) is 0 Å². The molecule has 0 aromatic heterocycles. The molecule has 3 amide bonds. The van der Waals surface area contributed by atoms with Crippen molar-refractivity contribution in [3.05, 3.63) is 29.8 Å². The third kappa shape index (κ3) is 4.39. The van der Waals surface area contributed by atoms with E-state index in [2.05, 4.69) is 10.6 Å². The van der Waals surface area contributed by atoms with E-state index in [4.69, 9.17) is 5.73 Å². The number of hydrogen-bond acceptors (Lipinski definition) is 4. The van der Waals surface area contributed by atoms with Crippen LogP contribution in [0, 0.1) is 5.92 Å². The normalized spacial score (nSPS) is 20.0. The maximum atomic E-state index is 12.1. The molecule has 124 valence electrons. The summed E-state index contributed by atoms with van der Waals surface area (Å²) < 4.78 is 0. The van der Waals surface area contributed by atoms with E-state index >= 15 is 0 Å². The van der Waals surface area contributed by atoms with Gasteiger partial charge in [-0.05, 0) is 37.5 Å². The number of carbonyl (C=O) groups excluding carboxylic acids is 3. The molecule has 0 aliphatic carbocycles. The number of imide groups is 1. The van der Waals surface area contributed by atoms with Crippen LogP contribution in [0.3, 0.4) is 0 Å². The smallest absolute Gasteiger partial charge is 0.244 e. The summed E-state index contributed by atoms with van der Waals surface area (Å²) in [5, 5.41) is 5.11. The minimum atomic E-state index is -0.893. The van der Waals surface area contributed by atoms with Gasteiger partial charge in [0.2, 0.25) is 17.7 Å². The minimum Gasteiger partial charge on any atom is -0.325 e. The highest BCUT2D eigenvalue weighted by atomic mass is 16.2. The van der Waals surface area contributed by atoms with E-state index in [0.717, 1.165) is 12.0 Å². The Labute approximate surface area is 135 Å². The molecule has 2 unspecified atom stereocenters. The molecular formula is C17H23N3O3. The predicted molar refractivity (Wildman–Crippen MR) is 87.5 cm³/mol. The van der Waals surface area contributed by atoms with Crippen molar-refractivity contribution < 1.29 is 14.4 Å². The second-order valence-corrected chi connectivity index (χ2v) is 6.34. The molecule has 2 atom stereocenters. The molecule has 6 nitrogen and oxygen atoms in total. The van der Waals surface area contributed by atoms with Crippen molar-refractivity contribution in [3.8, 4) is 0 Å². The van der Waals surface area contributed by atoms with Crippen LogP contribution >= 0.6 is 0 Å². The molecule has 1 heterocycles. The summed E-state index contributed by atoms with van der Waals surface area (Å²) in [7, 11) is 0. The van der Waals surface area contributed by atoms with Crippen molar-refractivity contribution in [2.24, 2.45) is 11.7 Å². The molecule has 2 rings (SSSR count). The Bertz CT molecular complexity index is 608. The van der Waals surface area contributed by atoms with E-state index in [1.165, 1.54) is 0 Å². The fraction of sp³-hybridized carbons (Fsp3) is 0.471. The van der Waals surface area contributed by atoms with Gasteiger partial charge in [-0.1, -0.05) is 25.5 Å². The first-order valence-corrected chi connectivity index (χ1v) is 7.85. The summed E-state index contributed by atoms with van der Waals surface area (Å²) in [5.74, 6) is -0.958. The topological polar surface area (TPSA) is 101 Å². The number of nitrogens with one attached hydrogen (secondary N) is 2. The quantitative estimate of drug-likeness (QED) is 0.689. The molecule has 1 aliphatic rings. The van der Waals surface area contributed by atoms with Gasteiger partial charge in [0, 0.05) is 12.1 Å². The molecule has 6 heteroatoms. The SMILES string of the molecule is CCCC(C)(N)C(=O)Nc1ccc(CC2CC(=O)NC2=O)cc1. The summed E-state index contributed by atoms with van der Waals surface area (Å²) in [6, 6.07) is 7.26. The first-order valence-electron chi connectivity index (χ1n) is 7.85. The molecular weight excluding hydrogens is 294 g/mol. The zero-order valence-electron chi connectivity index (χ0n) is 13.5. The first kappa shape index (κ1) is 17.1. The van der Waals surface area contributed by atoms with Crippen molar-refractivity contribution in [1.29, 1.82) is 0 Å². The zero-order valence-corrected chi connectivity index (χ0v) is 13.5. The van der Waals surface area contributed by atoms with Crippen LogP contribution < -0.4 is 16.4 Å². The maximum Gasteiger partial charge on any atom is 0.244 e. The van der Waals surface area contributed by atoms with Crippen LogP contribution in [0.1, 0.15) is 38.7 Å². The standard InChI is InChI=1S/C17H23N3O3/c1-3-8-17(2,18)16(23)19-13-6-4-11(5-7-13)9-12-10-14(21)20-15(12)22/h4-7,12H,3,8-10,18H2,1-2H3,(H,19,23)(H,20,21,22). The van der Waals surface area contributed by atoms with E-state index in [-0.39, 0.29) is 30.1 Å². The van der Waals surface area contributed by atoms with Crippen LogP contribution in [0.25, 0.3) is 0 Å². The number of carbonyl (C=O) groups is 3. The van der Waals surface area contributed by atoms with E-state index in [1.807, 2.05) is 19.1 Å². The highest BCUT2D eigenvalue weighted by Crippen LogP contribution is 2.19. The van der Waals surface area contributed by atoms with Crippen LogP contribution in [0.15, 0.2) is 24.3 Å². The third-order valence-electron chi connectivity index (χ3n) is 4.05. The molecule has 1 saturated heterocycles. The average molecular weight is 317 g/mol. The van der Waals surface area contributed by atoms with Crippen molar-refractivity contribution in [1.82, 2.24) is 5.32 Å². The largest absolute Gasteiger partial charge is 0.325 e. The molecule has 0 bridgehead atoms. The van der Waals surface area contributed by atoms with Gasteiger partial charge in [0.25, 0.3) is 0 Å². The number of nitrogens with two attached hydrogens (primary N) is 1. The van der Waals surface area contributed by atoms with Crippen LogP contribution in [-0.2, 0) is 20.8 Å². The van der Waals surface area contributed by atoms with Crippen molar-refractivity contribution in [3.63, 3.8) is 0 Å². The third-order valence-corrected chi connectivity index (χ3v) is 4.05. The Morgan fingerprint density at radius 2 is 2.00 bits per heavy atom. The lowest BCUT2D eigenvalue weighted by Gasteiger charge is -2.22. The van der Waals surface area contributed by atoms with Gasteiger partial charge < -0.3 is 11.1 Å². The Balaban J connectivity index is 1.96. The summed E-state index contributed by atoms with van der Waals surface area (Å²) in [6.45, 7) is 3.70. The fourth-order valence-electron chi connectivity index (χ4n) is 2.69. The maximum absolute atomic E-state index is 12.1. The van der Waals surface area contributed by atoms with E-state index in [1.54, 1.807) is 19.1 Å². The van der Waals surface area contributed by atoms with Crippen LogP contribution in [0.2, 0.25) is 0 Å². The summed E-state index contributed by atoms with van der Waals surface area (Å²) in [6.07, 6.45) is 2.19. The van der Waals surface area contributed by atoms with Gasteiger partial charge in [0.15, 0.2) is 0 Å². The average Bonchev–Trinajstić information content (AvgIpc) is 2.79. The lowest BCUT2D eigenvalue weighted by Crippen LogP contribution is -2.48. The Morgan fingerprint density at radius 1 is 1.35 bits per heavy atom. The molecule has 0 saturated carbocycles. The first-order chi connectivity index (χ1) is 10.8. The van der Waals surface area contributed by atoms with Crippen LogP contribution in [0.4, 0.5) is 5.69 Å². The second kappa shape index (κ2) is 6.91. The molecule has 1 aromatic rings. The molecule has 1 aromatic carbocycles. The van der Waals surface area contributed by atoms with E-state index < -0.39 is 5.54 Å². The van der Waals surface area contributed by atoms with Crippen LogP contribution in [0.5, 0.6) is 0 Å². The van der Waals surface area contributed by atoms with Crippen molar-refractivity contribution >= 4 is 23.4 Å². The lowest BCUT2D eigenvalue weighted by molar-refractivity contribution is -0.126. The van der Waals surface area contributed by atoms with Gasteiger partial charge in [0.05, 0.1) is 11.5 Å². The van der Waals surface area contributed by atoms with Crippen molar-refractivity contribution in [2.75, 3.05) is 5.32 Å². The highest BCUT2D eigenvalue weighted by Gasteiger charge is 2.30. The number of hydrogen-bond donors (Lipinski definition) is 3. The van der Waals surface area contributed by atoms with Gasteiger partial charge in [-0.15, -0.1) is 0 Å². The fourth-order valence-corrected chi connectivity index (χ4v) is 2.69. The summed E-state index contributed by atoms with van der Waals surface area (Å²) in [5.41, 5.74) is 6.72. The number of benzene rings is 1. The number of amides is 3. The predicted octanol–water partition coefficient (Wildman–Crippen LogP) is 1.35. The number of anilines is 1. The monoisotopic (exact) mass is 317 g/mol. The minimum absolute atomic E-state index is 0.215. The van der Waals surface area contributed by atoms with Crippen molar-refractivity contribution in [2.45, 2.75) is 45.1 Å². The zero-order chi connectivity index (χ0) is 17.0. The molecule has 0 spiro atoms. The van der Waals surface area contributed by atoms with Gasteiger partial charge >= 0.3 is 0 Å². The molecule has 1 aliphatic heterocycles. The van der Waals surface area contributed by atoms with Gasteiger partial charge in [-0.25, -0.2) is 0 Å². The second-order valence-electron chi connectivity index (χ2n) is 6.34. The molecule has 23 heavy (non-hydrogen) atoms. The highest BCUT2D eigenvalue weighted by molar-refractivity contribution is 6.03. The summed E-state index contributed by atoms with van der Waals surface area (Å²) >= 11 is 0. The Kier molecular flexibility index (Phi) is 5.15. The Hall–Kier alpha value is -2.21. The van der Waals surface area contributed by atoms with Gasteiger partial charge in [-0.2, -0.15) is 0 Å². The lowest BCUT2D eigenvalue weighted by atomic mass is 9.96. The van der Waals surface area contributed by atoms with E-state index in [0.29, 0.717) is 18.5 Å².